The summed E-state index contributed by atoms with van der Waals surface area (Å²) < 4.78 is 11.0. The molecule has 0 aliphatic heterocycles. The number of rotatable bonds is 7. The number of hydrogen-bond acceptors (Lipinski definition) is 5. The standard InChI is InChI=1S/C14H18N2O2S/c1-3-17-14-7-4-11(8-16-14)15-9-12-5-6-13(18-12)10-19-2/h4-8,15H,3,9-10H2,1-2H3. The number of pyridine rings is 1. The van der Waals surface area contributed by atoms with E-state index in [4.69, 9.17) is 9.15 Å². The topological polar surface area (TPSA) is 47.3 Å². The largest absolute Gasteiger partial charge is 0.478 e. The molecule has 2 heterocycles. The molecule has 0 radical (unpaired) electrons. The normalized spacial score (nSPS) is 10.4. The number of anilines is 1. The van der Waals surface area contributed by atoms with Crippen molar-refractivity contribution in [2.24, 2.45) is 0 Å². The molecule has 0 saturated heterocycles. The minimum atomic E-state index is 0.629. The lowest BCUT2D eigenvalue weighted by molar-refractivity contribution is 0.327. The van der Waals surface area contributed by atoms with Crippen LogP contribution in [-0.4, -0.2) is 17.8 Å². The van der Waals surface area contributed by atoms with E-state index in [0.717, 1.165) is 23.0 Å². The molecule has 1 N–H and O–H groups in total. The van der Waals surface area contributed by atoms with Gasteiger partial charge in [-0.3, -0.25) is 0 Å². The van der Waals surface area contributed by atoms with Crippen molar-refractivity contribution in [3.63, 3.8) is 0 Å². The highest BCUT2D eigenvalue weighted by Gasteiger charge is 2.02. The molecule has 0 saturated carbocycles. The van der Waals surface area contributed by atoms with E-state index in [9.17, 15) is 0 Å². The molecule has 0 amide bonds. The highest BCUT2D eigenvalue weighted by atomic mass is 32.2. The highest BCUT2D eigenvalue weighted by Crippen LogP contribution is 2.16. The van der Waals surface area contributed by atoms with E-state index in [1.165, 1.54) is 0 Å². The Balaban J connectivity index is 1.86. The van der Waals surface area contributed by atoms with Crippen molar-refractivity contribution >= 4 is 17.4 Å². The Morgan fingerprint density at radius 2 is 2.11 bits per heavy atom. The van der Waals surface area contributed by atoms with Crippen LogP contribution in [0.4, 0.5) is 5.69 Å². The van der Waals surface area contributed by atoms with E-state index in [1.807, 2.05) is 31.2 Å². The van der Waals surface area contributed by atoms with E-state index >= 15 is 0 Å². The van der Waals surface area contributed by atoms with Gasteiger partial charge in [-0.1, -0.05) is 0 Å². The number of hydrogen-bond donors (Lipinski definition) is 1. The Labute approximate surface area is 117 Å². The van der Waals surface area contributed by atoms with Crippen LogP contribution in [0.5, 0.6) is 5.88 Å². The minimum Gasteiger partial charge on any atom is -0.478 e. The third-order valence-electron chi connectivity index (χ3n) is 2.50. The van der Waals surface area contributed by atoms with Crippen molar-refractivity contribution in [3.8, 4) is 5.88 Å². The molecule has 19 heavy (non-hydrogen) atoms. The van der Waals surface area contributed by atoms with Crippen molar-refractivity contribution in [1.82, 2.24) is 4.98 Å². The van der Waals surface area contributed by atoms with Crippen LogP contribution in [0.15, 0.2) is 34.9 Å². The zero-order valence-corrected chi connectivity index (χ0v) is 12.0. The summed E-state index contributed by atoms with van der Waals surface area (Å²) in [5.74, 6) is 3.49. The molecule has 0 aromatic carbocycles. The monoisotopic (exact) mass is 278 g/mol. The lowest BCUT2D eigenvalue weighted by Crippen LogP contribution is -1.99. The second-order valence-electron chi connectivity index (χ2n) is 3.97. The molecule has 0 bridgehead atoms. The van der Waals surface area contributed by atoms with Crippen LogP contribution >= 0.6 is 11.8 Å². The van der Waals surface area contributed by atoms with Crippen LogP contribution in [0, 0.1) is 0 Å². The van der Waals surface area contributed by atoms with E-state index in [0.29, 0.717) is 19.0 Å². The van der Waals surface area contributed by atoms with Gasteiger partial charge in [0.15, 0.2) is 0 Å². The van der Waals surface area contributed by atoms with E-state index in [2.05, 4.69) is 16.6 Å². The van der Waals surface area contributed by atoms with Crippen molar-refractivity contribution < 1.29 is 9.15 Å². The summed E-state index contributed by atoms with van der Waals surface area (Å²) in [7, 11) is 0. The third-order valence-corrected chi connectivity index (χ3v) is 3.07. The lowest BCUT2D eigenvalue weighted by atomic mass is 10.4. The van der Waals surface area contributed by atoms with Crippen LogP contribution in [0.1, 0.15) is 18.4 Å². The number of nitrogens with one attached hydrogen (secondary N) is 1. The van der Waals surface area contributed by atoms with Gasteiger partial charge in [0.05, 0.1) is 30.8 Å². The predicted molar refractivity (Wildman–Crippen MR) is 78.7 cm³/mol. The maximum Gasteiger partial charge on any atom is 0.213 e. The van der Waals surface area contributed by atoms with Crippen molar-refractivity contribution in [2.75, 3.05) is 18.2 Å². The lowest BCUT2D eigenvalue weighted by Gasteiger charge is -2.05. The van der Waals surface area contributed by atoms with Gasteiger partial charge in [0.25, 0.3) is 0 Å². The molecule has 5 heteroatoms. The molecule has 2 aromatic rings. The molecule has 0 unspecified atom stereocenters. The molecule has 0 atom stereocenters. The third kappa shape index (κ3) is 4.21. The SMILES string of the molecule is CCOc1ccc(NCc2ccc(CSC)o2)cn1. The summed E-state index contributed by atoms with van der Waals surface area (Å²) in [6, 6.07) is 7.82. The first kappa shape index (κ1) is 13.8. The Bertz CT molecular complexity index is 496. The molecule has 4 nitrogen and oxygen atoms in total. The molecule has 102 valence electrons. The number of furan rings is 1. The second kappa shape index (κ2) is 7.09. The zero-order chi connectivity index (χ0) is 13.5. The first-order chi connectivity index (χ1) is 9.31. The maximum atomic E-state index is 5.68. The van der Waals surface area contributed by atoms with E-state index in [1.54, 1.807) is 18.0 Å². The van der Waals surface area contributed by atoms with Crippen LogP contribution in [0.2, 0.25) is 0 Å². The first-order valence-corrected chi connectivity index (χ1v) is 7.60. The molecular formula is C14H18N2O2S. The van der Waals surface area contributed by atoms with Crippen LogP contribution in [0.3, 0.4) is 0 Å². The fourth-order valence-corrected chi connectivity index (χ4v) is 2.08. The van der Waals surface area contributed by atoms with Gasteiger partial charge in [-0.15, -0.1) is 0 Å². The van der Waals surface area contributed by atoms with Gasteiger partial charge in [0, 0.05) is 6.07 Å². The second-order valence-corrected chi connectivity index (χ2v) is 4.84. The number of nitrogens with zero attached hydrogens (tertiary/aromatic N) is 1. The Morgan fingerprint density at radius 3 is 2.79 bits per heavy atom. The molecule has 0 fully saturated rings. The van der Waals surface area contributed by atoms with Gasteiger partial charge in [-0.25, -0.2) is 4.98 Å². The number of ether oxygens (including phenoxy) is 1. The van der Waals surface area contributed by atoms with Crippen LogP contribution < -0.4 is 10.1 Å². The molecule has 2 aromatic heterocycles. The average molecular weight is 278 g/mol. The van der Waals surface area contributed by atoms with Gasteiger partial charge in [-0.05, 0) is 31.4 Å². The van der Waals surface area contributed by atoms with Gasteiger partial charge < -0.3 is 14.5 Å². The molecule has 0 aliphatic rings. The van der Waals surface area contributed by atoms with Gasteiger partial charge in [-0.2, -0.15) is 11.8 Å². The van der Waals surface area contributed by atoms with Crippen molar-refractivity contribution in [1.29, 1.82) is 0 Å². The zero-order valence-electron chi connectivity index (χ0n) is 11.2. The molecular weight excluding hydrogens is 260 g/mol. The number of aromatic nitrogens is 1. The number of thioether (sulfide) groups is 1. The quantitative estimate of drug-likeness (QED) is 0.839. The smallest absolute Gasteiger partial charge is 0.213 e. The Kier molecular flexibility index (Phi) is 5.15. The molecule has 0 aliphatic carbocycles. The van der Waals surface area contributed by atoms with Gasteiger partial charge >= 0.3 is 0 Å². The summed E-state index contributed by atoms with van der Waals surface area (Å²) in [5, 5.41) is 3.27. The molecule has 2 rings (SSSR count). The van der Waals surface area contributed by atoms with Crippen molar-refractivity contribution in [2.45, 2.75) is 19.2 Å². The average Bonchev–Trinajstić information content (AvgIpc) is 2.87. The van der Waals surface area contributed by atoms with Crippen LogP contribution in [0.25, 0.3) is 0 Å². The van der Waals surface area contributed by atoms with E-state index in [-0.39, 0.29) is 0 Å². The predicted octanol–water partition coefficient (Wildman–Crippen LogP) is 3.55. The Hall–Kier alpha value is -1.62. The minimum absolute atomic E-state index is 0.629. The molecule has 0 spiro atoms. The maximum absolute atomic E-state index is 5.68. The fourth-order valence-electron chi connectivity index (χ4n) is 1.64. The summed E-state index contributed by atoms with van der Waals surface area (Å²) in [5.41, 5.74) is 0.950. The van der Waals surface area contributed by atoms with Gasteiger partial charge in [0.2, 0.25) is 5.88 Å². The highest BCUT2D eigenvalue weighted by molar-refractivity contribution is 7.97. The van der Waals surface area contributed by atoms with Crippen LogP contribution in [-0.2, 0) is 12.3 Å². The van der Waals surface area contributed by atoms with Gasteiger partial charge in [0.1, 0.15) is 11.5 Å². The summed E-state index contributed by atoms with van der Waals surface area (Å²) in [6.45, 7) is 3.23. The van der Waals surface area contributed by atoms with Crippen molar-refractivity contribution in [3.05, 3.63) is 42.0 Å². The fraction of sp³-hybridized carbons (Fsp3) is 0.357. The van der Waals surface area contributed by atoms with E-state index < -0.39 is 0 Å². The summed E-state index contributed by atoms with van der Waals surface area (Å²) >= 11 is 1.75. The summed E-state index contributed by atoms with van der Waals surface area (Å²) in [4.78, 5) is 4.20. The first-order valence-electron chi connectivity index (χ1n) is 6.21. The Morgan fingerprint density at radius 1 is 1.26 bits per heavy atom. The summed E-state index contributed by atoms with van der Waals surface area (Å²) in [6.07, 6.45) is 3.82.